The third-order valence-electron chi connectivity index (χ3n) is 6.01. The van der Waals surface area contributed by atoms with Crippen LogP contribution in [-0.2, 0) is 17.9 Å². The van der Waals surface area contributed by atoms with Crippen LogP contribution >= 0.6 is 0 Å². The molecule has 2 aromatic heterocycles. The van der Waals surface area contributed by atoms with Gasteiger partial charge in [0.15, 0.2) is 5.65 Å². The molecule has 0 aliphatic heterocycles. The third-order valence-corrected chi connectivity index (χ3v) is 6.01. The van der Waals surface area contributed by atoms with Crippen LogP contribution in [0.5, 0.6) is 0 Å². The number of pyridine rings is 1. The molecule has 5 rings (SSSR count). The van der Waals surface area contributed by atoms with Gasteiger partial charge in [-0.25, -0.2) is 9.67 Å². The summed E-state index contributed by atoms with van der Waals surface area (Å²) in [6, 6.07) is 30.2. The van der Waals surface area contributed by atoms with Crippen molar-refractivity contribution < 1.29 is 4.79 Å². The van der Waals surface area contributed by atoms with Gasteiger partial charge in [0, 0.05) is 17.3 Å². The Morgan fingerprint density at radius 3 is 2.24 bits per heavy atom. The predicted molar refractivity (Wildman–Crippen MR) is 137 cm³/mol. The lowest BCUT2D eigenvalue weighted by molar-refractivity contribution is -0.119. The molecule has 5 aromatic rings. The molecule has 0 atom stereocenters. The number of hydrogen-bond donors (Lipinski definition) is 0. The van der Waals surface area contributed by atoms with Gasteiger partial charge in [0.25, 0.3) is 0 Å². The van der Waals surface area contributed by atoms with E-state index in [0.717, 1.165) is 39.1 Å². The van der Waals surface area contributed by atoms with Crippen LogP contribution in [0.3, 0.4) is 0 Å². The van der Waals surface area contributed by atoms with Gasteiger partial charge in [-0.3, -0.25) is 4.79 Å². The molecule has 0 aliphatic carbocycles. The smallest absolute Gasteiger partial charge is 0.249 e. The first-order valence-corrected chi connectivity index (χ1v) is 11.4. The van der Waals surface area contributed by atoms with Crippen LogP contribution in [0.4, 0.5) is 5.69 Å². The number of carbonyl (C=O) groups is 1. The second-order valence-corrected chi connectivity index (χ2v) is 8.47. The van der Waals surface area contributed by atoms with E-state index in [4.69, 9.17) is 5.10 Å². The summed E-state index contributed by atoms with van der Waals surface area (Å²) in [5.41, 5.74) is 6.91. The number of carbonyl (C=O) groups excluding carboxylic acids is 1. The summed E-state index contributed by atoms with van der Waals surface area (Å²) in [6.45, 7) is 4.65. The summed E-state index contributed by atoms with van der Waals surface area (Å²) in [6.07, 6.45) is 1.79. The second kappa shape index (κ2) is 9.32. The molecule has 3 aromatic carbocycles. The van der Waals surface area contributed by atoms with Gasteiger partial charge < -0.3 is 4.90 Å². The molecule has 0 aliphatic rings. The Bertz CT molecular complexity index is 1420. The Balaban J connectivity index is 1.50. The van der Waals surface area contributed by atoms with Crippen molar-refractivity contribution in [2.75, 3.05) is 4.90 Å². The van der Waals surface area contributed by atoms with Gasteiger partial charge in [-0.05, 0) is 48.7 Å². The minimum atomic E-state index is -0.0398. The fourth-order valence-corrected chi connectivity index (χ4v) is 4.28. The average molecular weight is 447 g/mol. The summed E-state index contributed by atoms with van der Waals surface area (Å²) in [5, 5.41) is 5.70. The lowest BCUT2D eigenvalue weighted by Gasteiger charge is -2.23. The quantitative estimate of drug-likeness (QED) is 0.324. The maximum absolute atomic E-state index is 13.6. The first-order chi connectivity index (χ1) is 16.6. The van der Waals surface area contributed by atoms with Crippen molar-refractivity contribution in [1.82, 2.24) is 14.8 Å². The lowest BCUT2D eigenvalue weighted by atomic mass is 10.0. The predicted octanol–water partition coefficient (Wildman–Crippen LogP) is 5.95. The van der Waals surface area contributed by atoms with Crippen LogP contribution in [0.15, 0.2) is 97.2 Å². The fraction of sp³-hybridized carbons (Fsp3) is 0.138. The molecule has 34 heavy (non-hydrogen) atoms. The zero-order valence-corrected chi connectivity index (χ0v) is 19.3. The number of fused-ring (bicyclic) bond motifs is 1. The fourth-order valence-electron chi connectivity index (χ4n) is 4.28. The van der Waals surface area contributed by atoms with E-state index in [-0.39, 0.29) is 12.5 Å². The molecule has 5 nitrogen and oxygen atoms in total. The van der Waals surface area contributed by atoms with E-state index in [2.05, 4.69) is 36.2 Å². The van der Waals surface area contributed by atoms with E-state index < -0.39 is 0 Å². The molecule has 0 saturated carbocycles. The first-order valence-electron chi connectivity index (χ1n) is 11.4. The number of aromatic nitrogens is 3. The van der Waals surface area contributed by atoms with Gasteiger partial charge in [-0.15, -0.1) is 0 Å². The summed E-state index contributed by atoms with van der Waals surface area (Å²) in [7, 11) is 0. The Kier molecular flexibility index (Phi) is 5.91. The third kappa shape index (κ3) is 4.33. The first kappa shape index (κ1) is 21.6. The molecule has 0 spiro atoms. The maximum Gasteiger partial charge on any atom is 0.249 e. The Morgan fingerprint density at radius 1 is 0.853 bits per heavy atom. The molecule has 0 N–H and O–H groups in total. The highest BCUT2D eigenvalue weighted by atomic mass is 16.2. The molecule has 0 fully saturated rings. The molecule has 0 radical (unpaired) electrons. The largest absolute Gasteiger partial charge is 0.306 e. The zero-order chi connectivity index (χ0) is 23.5. The summed E-state index contributed by atoms with van der Waals surface area (Å²) >= 11 is 0. The van der Waals surface area contributed by atoms with Crippen molar-refractivity contribution in [3.05, 3.63) is 114 Å². The van der Waals surface area contributed by atoms with E-state index in [9.17, 15) is 4.79 Å². The van der Waals surface area contributed by atoms with Crippen LogP contribution in [0.2, 0.25) is 0 Å². The number of hydrogen-bond acceptors (Lipinski definition) is 3. The van der Waals surface area contributed by atoms with Crippen molar-refractivity contribution >= 4 is 22.6 Å². The molecule has 2 heterocycles. The monoisotopic (exact) mass is 446 g/mol. The van der Waals surface area contributed by atoms with Gasteiger partial charge in [-0.1, -0.05) is 78.4 Å². The number of aryl methyl sites for hydroxylation is 2. The highest BCUT2D eigenvalue weighted by Crippen LogP contribution is 2.30. The average Bonchev–Trinajstić information content (AvgIpc) is 3.19. The van der Waals surface area contributed by atoms with Crippen molar-refractivity contribution in [1.29, 1.82) is 0 Å². The van der Waals surface area contributed by atoms with Gasteiger partial charge in [0.05, 0.1) is 12.2 Å². The molecule has 0 bridgehead atoms. The maximum atomic E-state index is 13.6. The van der Waals surface area contributed by atoms with Gasteiger partial charge in [0.2, 0.25) is 5.91 Å². The number of nitrogens with zero attached hydrogens (tertiary/aromatic N) is 4. The standard InChI is InChI=1S/C29H26N4O/c1-21-13-15-24(16-14-21)26-17-18-30-29-28(26)22(2)31-33(29)20-27(34)32(25-11-7-4-8-12-25)19-23-9-5-3-6-10-23/h3-18H,19-20H2,1-2H3. The van der Waals surface area contributed by atoms with E-state index in [1.54, 1.807) is 10.9 Å². The zero-order valence-electron chi connectivity index (χ0n) is 19.3. The highest BCUT2D eigenvalue weighted by molar-refractivity contribution is 5.97. The van der Waals surface area contributed by atoms with E-state index in [1.807, 2.05) is 78.6 Å². The molecule has 1 amide bonds. The Labute approximate surface area is 199 Å². The normalized spacial score (nSPS) is 11.0. The number of rotatable bonds is 6. The Morgan fingerprint density at radius 2 is 1.53 bits per heavy atom. The van der Waals surface area contributed by atoms with Crippen LogP contribution in [0, 0.1) is 13.8 Å². The van der Waals surface area contributed by atoms with Crippen molar-refractivity contribution in [2.24, 2.45) is 0 Å². The van der Waals surface area contributed by atoms with Crippen LogP contribution in [0.25, 0.3) is 22.2 Å². The SMILES string of the molecule is Cc1ccc(-c2ccnc3c2c(C)nn3CC(=O)N(Cc2ccccc2)c2ccccc2)cc1. The summed E-state index contributed by atoms with van der Waals surface area (Å²) < 4.78 is 1.73. The van der Waals surface area contributed by atoms with Crippen molar-refractivity contribution in [3.63, 3.8) is 0 Å². The molecule has 0 unspecified atom stereocenters. The number of anilines is 1. The van der Waals surface area contributed by atoms with E-state index in [0.29, 0.717) is 6.54 Å². The second-order valence-electron chi connectivity index (χ2n) is 8.47. The van der Waals surface area contributed by atoms with Gasteiger partial charge in [-0.2, -0.15) is 5.10 Å². The van der Waals surface area contributed by atoms with Crippen LogP contribution in [0.1, 0.15) is 16.8 Å². The molecule has 5 heteroatoms. The molecular formula is C29H26N4O. The van der Waals surface area contributed by atoms with E-state index in [1.165, 1.54) is 5.56 Å². The Hall–Kier alpha value is -4.25. The number of para-hydroxylation sites is 1. The highest BCUT2D eigenvalue weighted by Gasteiger charge is 2.20. The van der Waals surface area contributed by atoms with Gasteiger partial charge in [0.1, 0.15) is 6.54 Å². The summed E-state index contributed by atoms with van der Waals surface area (Å²) in [4.78, 5) is 20.0. The van der Waals surface area contributed by atoms with E-state index >= 15 is 0 Å². The molecule has 168 valence electrons. The molecule has 0 saturated heterocycles. The van der Waals surface area contributed by atoms with Crippen molar-refractivity contribution in [3.8, 4) is 11.1 Å². The summed E-state index contributed by atoms with van der Waals surface area (Å²) in [5.74, 6) is -0.0398. The molecular weight excluding hydrogens is 420 g/mol. The lowest BCUT2D eigenvalue weighted by Crippen LogP contribution is -2.33. The topological polar surface area (TPSA) is 51.0 Å². The minimum absolute atomic E-state index is 0.0398. The van der Waals surface area contributed by atoms with Crippen LogP contribution in [-0.4, -0.2) is 20.7 Å². The number of amides is 1. The van der Waals surface area contributed by atoms with Crippen molar-refractivity contribution in [2.45, 2.75) is 26.9 Å². The van der Waals surface area contributed by atoms with Gasteiger partial charge >= 0.3 is 0 Å². The number of benzene rings is 3. The minimum Gasteiger partial charge on any atom is -0.306 e. The van der Waals surface area contributed by atoms with Crippen LogP contribution < -0.4 is 4.90 Å².